The average Bonchev–Trinajstić information content (AvgIpc) is 2.81. The van der Waals surface area contributed by atoms with Crippen LogP contribution < -0.4 is 5.32 Å². The summed E-state index contributed by atoms with van der Waals surface area (Å²) < 4.78 is 26.6. The Morgan fingerprint density at radius 1 is 1.09 bits per heavy atom. The van der Waals surface area contributed by atoms with Crippen molar-refractivity contribution in [2.75, 3.05) is 20.1 Å². The third-order valence-corrected chi connectivity index (χ3v) is 7.85. The van der Waals surface area contributed by atoms with Crippen LogP contribution in [0.5, 0.6) is 0 Å². The van der Waals surface area contributed by atoms with E-state index in [-0.39, 0.29) is 36.2 Å². The van der Waals surface area contributed by atoms with Crippen LogP contribution in [0.4, 0.5) is 0 Å². The van der Waals surface area contributed by atoms with E-state index in [1.54, 1.807) is 43.3 Å². The highest BCUT2D eigenvalue weighted by atomic mass is 35.5. The lowest BCUT2D eigenvalue weighted by Gasteiger charge is -2.29. The monoisotopic (exact) mass is 527 g/mol. The molecule has 2 rings (SSSR count). The summed E-state index contributed by atoms with van der Waals surface area (Å²) in [5.41, 5.74) is 0.665. The molecule has 0 spiro atoms. The van der Waals surface area contributed by atoms with Crippen LogP contribution in [0.2, 0.25) is 10.0 Å². The molecule has 1 atom stereocenters. The van der Waals surface area contributed by atoms with Gasteiger partial charge in [-0.1, -0.05) is 54.4 Å². The molecule has 0 aliphatic carbocycles. The van der Waals surface area contributed by atoms with Gasteiger partial charge < -0.3 is 10.2 Å². The van der Waals surface area contributed by atoms with Gasteiger partial charge in [-0.05, 0) is 49.6 Å². The summed E-state index contributed by atoms with van der Waals surface area (Å²) >= 11 is 12.3. The lowest BCUT2D eigenvalue weighted by atomic mass is 10.1. The van der Waals surface area contributed by atoms with Crippen molar-refractivity contribution < 1.29 is 18.0 Å². The summed E-state index contributed by atoms with van der Waals surface area (Å²) in [4.78, 5) is 27.4. The highest BCUT2D eigenvalue weighted by Gasteiger charge is 2.27. The van der Waals surface area contributed by atoms with Gasteiger partial charge in [-0.3, -0.25) is 9.59 Å². The molecule has 0 bridgehead atoms. The van der Waals surface area contributed by atoms with Gasteiger partial charge in [-0.2, -0.15) is 0 Å². The molecule has 0 radical (unpaired) electrons. The number of carbonyl (C=O) groups is 2. The van der Waals surface area contributed by atoms with Crippen molar-refractivity contribution in [2.24, 2.45) is 0 Å². The molecule has 2 aromatic rings. The SMILES string of the molecule is CCCNC(=O)C(C)N(Cc1ccc(Cl)cc1Cl)C(=O)CCCN(C)S(=O)(=O)c1ccccc1. The van der Waals surface area contributed by atoms with E-state index >= 15 is 0 Å². The molecule has 0 saturated heterocycles. The van der Waals surface area contributed by atoms with Crippen molar-refractivity contribution in [3.8, 4) is 0 Å². The van der Waals surface area contributed by atoms with E-state index in [9.17, 15) is 18.0 Å². The van der Waals surface area contributed by atoms with Gasteiger partial charge >= 0.3 is 0 Å². The fourth-order valence-corrected chi connectivity index (χ4v) is 5.00. The lowest BCUT2D eigenvalue weighted by molar-refractivity contribution is -0.140. The van der Waals surface area contributed by atoms with Crippen molar-refractivity contribution in [3.63, 3.8) is 0 Å². The van der Waals surface area contributed by atoms with E-state index in [0.29, 0.717) is 28.6 Å². The second-order valence-electron chi connectivity index (χ2n) is 7.97. The summed E-state index contributed by atoms with van der Waals surface area (Å²) in [6.07, 6.45) is 1.15. The standard InChI is InChI=1S/C24H31Cl2N3O4S/c1-4-14-27-24(31)18(2)29(17-19-12-13-20(25)16-22(19)26)23(30)11-8-15-28(3)34(32,33)21-9-6-5-7-10-21/h5-7,9-10,12-13,16,18H,4,8,11,14-15,17H2,1-3H3,(H,27,31). The number of halogens is 2. The zero-order valence-electron chi connectivity index (χ0n) is 19.6. The fraction of sp³-hybridized carbons (Fsp3) is 0.417. The summed E-state index contributed by atoms with van der Waals surface area (Å²) in [7, 11) is -2.16. The maximum Gasteiger partial charge on any atom is 0.242 e. The number of hydrogen-bond donors (Lipinski definition) is 1. The Morgan fingerprint density at radius 3 is 2.38 bits per heavy atom. The molecule has 1 unspecified atom stereocenters. The summed E-state index contributed by atoms with van der Waals surface area (Å²) in [5, 5.41) is 3.69. The topological polar surface area (TPSA) is 86.8 Å². The van der Waals surface area contributed by atoms with Crippen LogP contribution in [-0.2, 0) is 26.2 Å². The average molecular weight is 529 g/mol. The molecule has 0 aliphatic rings. The zero-order valence-corrected chi connectivity index (χ0v) is 22.0. The van der Waals surface area contributed by atoms with Crippen LogP contribution >= 0.6 is 23.2 Å². The Kier molecular flexibility index (Phi) is 10.8. The third kappa shape index (κ3) is 7.70. The minimum absolute atomic E-state index is 0.0747. The Labute approximate surface area is 212 Å². The summed E-state index contributed by atoms with van der Waals surface area (Å²) in [6, 6.07) is 12.4. The zero-order chi connectivity index (χ0) is 25.3. The first-order chi connectivity index (χ1) is 16.1. The number of carbonyl (C=O) groups excluding carboxylic acids is 2. The van der Waals surface area contributed by atoms with E-state index in [1.807, 2.05) is 6.92 Å². The van der Waals surface area contributed by atoms with Crippen LogP contribution in [0.15, 0.2) is 53.4 Å². The first-order valence-electron chi connectivity index (χ1n) is 11.1. The van der Waals surface area contributed by atoms with Crippen LogP contribution in [0.25, 0.3) is 0 Å². The van der Waals surface area contributed by atoms with Gasteiger partial charge in [0.05, 0.1) is 4.90 Å². The Balaban J connectivity index is 2.10. The van der Waals surface area contributed by atoms with Crippen molar-refractivity contribution in [1.29, 1.82) is 0 Å². The van der Waals surface area contributed by atoms with Crippen LogP contribution in [-0.4, -0.2) is 55.6 Å². The van der Waals surface area contributed by atoms with E-state index in [1.165, 1.54) is 28.4 Å². The van der Waals surface area contributed by atoms with Gasteiger partial charge in [-0.15, -0.1) is 0 Å². The summed E-state index contributed by atoms with van der Waals surface area (Å²) in [6.45, 7) is 4.41. The number of benzene rings is 2. The van der Waals surface area contributed by atoms with E-state index in [2.05, 4.69) is 5.32 Å². The fourth-order valence-electron chi connectivity index (χ4n) is 3.30. The molecule has 7 nitrogen and oxygen atoms in total. The number of nitrogens with one attached hydrogen (secondary N) is 1. The minimum atomic E-state index is -3.64. The first-order valence-corrected chi connectivity index (χ1v) is 13.3. The molecule has 0 aromatic heterocycles. The molecule has 0 heterocycles. The molecule has 0 fully saturated rings. The van der Waals surface area contributed by atoms with Crippen LogP contribution in [0.3, 0.4) is 0 Å². The molecule has 34 heavy (non-hydrogen) atoms. The third-order valence-electron chi connectivity index (χ3n) is 5.39. The molecule has 2 aromatic carbocycles. The lowest BCUT2D eigenvalue weighted by Crippen LogP contribution is -2.47. The molecule has 1 N–H and O–H groups in total. The number of rotatable bonds is 12. The number of hydrogen-bond acceptors (Lipinski definition) is 4. The molecule has 2 amide bonds. The normalized spacial score (nSPS) is 12.4. The highest BCUT2D eigenvalue weighted by molar-refractivity contribution is 7.89. The van der Waals surface area contributed by atoms with Crippen molar-refractivity contribution >= 4 is 45.0 Å². The molecular weight excluding hydrogens is 497 g/mol. The van der Waals surface area contributed by atoms with E-state index < -0.39 is 16.1 Å². The van der Waals surface area contributed by atoms with Gasteiger partial charge in [0.15, 0.2) is 0 Å². The first kappa shape index (κ1) is 28.1. The summed E-state index contributed by atoms with van der Waals surface area (Å²) in [5.74, 6) is -0.528. The predicted octanol–water partition coefficient (Wildman–Crippen LogP) is 4.34. The second-order valence-corrected chi connectivity index (χ2v) is 10.9. The van der Waals surface area contributed by atoms with Crippen LogP contribution in [0.1, 0.15) is 38.7 Å². The highest BCUT2D eigenvalue weighted by Crippen LogP contribution is 2.24. The van der Waals surface area contributed by atoms with Gasteiger partial charge in [-0.25, -0.2) is 12.7 Å². The number of amides is 2. The maximum absolute atomic E-state index is 13.2. The smallest absolute Gasteiger partial charge is 0.242 e. The quantitative estimate of drug-likeness (QED) is 0.444. The van der Waals surface area contributed by atoms with Gasteiger partial charge in [0, 0.05) is 43.1 Å². The molecule has 0 saturated carbocycles. The van der Waals surface area contributed by atoms with E-state index in [4.69, 9.17) is 23.2 Å². The largest absolute Gasteiger partial charge is 0.354 e. The predicted molar refractivity (Wildman–Crippen MR) is 135 cm³/mol. The van der Waals surface area contributed by atoms with Crippen molar-refractivity contribution in [3.05, 3.63) is 64.1 Å². The Hall–Kier alpha value is -2.13. The van der Waals surface area contributed by atoms with Gasteiger partial charge in [0.25, 0.3) is 0 Å². The van der Waals surface area contributed by atoms with Crippen molar-refractivity contribution in [2.45, 2.75) is 50.6 Å². The van der Waals surface area contributed by atoms with Crippen LogP contribution in [0, 0.1) is 0 Å². The Bertz CT molecular complexity index is 1080. The van der Waals surface area contributed by atoms with Gasteiger partial charge in [0.2, 0.25) is 21.8 Å². The molecular formula is C24H31Cl2N3O4S. The van der Waals surface area contributed by atoms with Gasteiger partial charge in [0.1, 0.15) is 6.04 Å². The van der Waals surface area contributed by atoms with Crippen molar-refractivity contribution in [1.82, 2.24) is 14.5 Å². The minimum Gasteiger partial charge on any atom is -0.354 e. The Morgan fingerprint density at radius 2 is 1.76 bits per heavy atom. The maximum atomic E-state index is 13.2. The molecule has 10 heteroatoms. The molecule has 186 valence electrons. The number of nitrogens with zero attached hydrogens (tertiary/aromatic N) is 2. The number of sulfonamides is 1. The van der Waals surface area contributed by atoms with E-state index in [0.717, 1.165) is 6.42 Å². The second kappa shape index (κ2) is 13.1. The molecule has 0 aliphatic heterocycles.